The lowest BCUT2D eigenvalue weighted by Crippen LogP contribution is -2.39. The van der Waals surface area contributed by atoms with Crippen LogP contribution < -0.4 is 4.74 Å². The first kappa shape index (κ1) is 12.2. The van der Waals surface area contributed by atoms with Gasteiger partial charge in [0.25, 0.3) is 0 Å². The summed E-state index contributed by atoms with van der Waals surface area (Å²) >= 11 is 0. The van der Waals surface area contributed by atoms with Crippen LogP contribution in [0.25, 0.3) is 0 Å². The summed E-state index contributed by atoms with van der Waals surface area (Å²) in [6, 6.07) is 5.55. The van der Waals surface area contributed by atoms with E-state index in [0.29, 0.717) is 24.3 Å². The molecule has 0 aromatic heterocycles. The Morgan fingerprint density at radius 3 is 2.53 bits per heavy atom. The average molecular weight is 246 g/mol. The Bertz CT molecular complexity index is 408. The van der Waals surface area contributed by atoms with Crippen LogP contribution in [0, 0.1) is 5.92 Å². The molecule has 0 saturated heterocycles. The van der Waals surface area contributed by atoms with Crippen molar-refractivity contribution < 1.29 is 23.0 Å². The van der Waals surface area contributed by atoms with E-state index >= 15 is 0 Å². The Kier molecular flexibility index (Phi) is 2.81. The number of rotatable bonds is 2. The Labute approximate surface area is 97.0 Å². The Morgan fingerprint density at radius 1 is 1.35 bits per heavy atom. The van der Waals surface area contributed by atoms with Gasteiger partial charge in [0.05, 0.1) is 5.60 Å². The molecule has 0 amide bonds. The van der Waals surface area contributed by atoms with Crippen molar-refractivity contribution in [2.45, 2.75) is 31.7 Å². The third-order valence-electron chi connectivity index (χ3n) is 2.98. The maximum absolute atomic E-state index is 12.0. The number of aliphatic hydroxyl groups is 1. The molecule has 1 N–H and O–H groups in total. The zero-order valence-corrected chi connectivity index (χ0v) is 9.29. The van der Waals surface area contributed by atoms with E-state index in [4.69, 9.17) is 0 Å². The number of hydrogen-bond acceptors (Lipinski definition) is 2. The number of benzene rings is 1. The molecule has 17 heavy (non-hydrogen) atoms. The van der Waals surface area contributed by atoms with Gasteiger partial charge >= 0.3 is 6.36 Å². The molecule has 0 unspecified atom stereocenters. The highest BCUT2D eigenvalue weighted by Crippen LogP contribution is 2.46. The zero-order valence-electron chi connectivity index (χ0n) is 9.29. The minimum atomic E-state index is -4.70. The summed E-state index contributed by atoms with van der Waals surface area (Å²) < 4.78 is 40.0. The quantitative estimate of drug-likeness (QED) is 0.868. The maximum atomic E-state index is 12.0. The maximum Gasteiger partial charge on any atom is 0.573 e. The van der Waals surface area contributed by atoms with E-state index in [-0.39, 0.29) is 5.75 Å². The van der Waals surface area contributed by atoms with Gasteiger partial charge in [0, 0.05) is 0 Å². The van der Waals surface area contributed by atoms with Crippen molar-refractivity contribution in [3.8, 4) is 5.75 Å². The lowest BCUT2D eigenvalue weighted by molar-refractivity contribution is -0.274. The first-order chi connectivity index (χ1) is 7.78. The summed E-state index contributed by atoms with van der Waals surface area (Å²) in [6.07, 6.45) is -3.56. The van der Waals surface area contributed by atoms with Crippen molar-refractivity contribution in [3.05, 3.63) is 29.8 Å². The summed E-state index contributed by atoms with van der Waals surface area (Å²) in [5, 5.41) is 10.1. The zero-order chi connectivity index (χ0) is 12.7. The van der Waals surface area contributed by atoms with Crippen LogP contribution >= 0.6 is 0 Å². The molecule has 2 nitrogen and oxygen atoms in total. The fourth-order valence-electron chi connectivity index (χ4n) is 2.31. The van der Waals surface area contributed by atoms with Gasteiger partial charge in [-0.25, -0.2) is 0 Å². The van der Waals surface area contributed by atoms with Gasteiger partial charge in [-0.15, -0.1) is 13.2 Å². The monoisotopic (exact) mass is 246 g/mol. The van der Waals surface area contributed by atoms with E-state index in [1.165, 1.54) is 18.2 Å². The van der Waals surface area contributed by atoms with Crippen LogP contribution in [0.2, 0.25) is 0 Å². The van der Waals surface area contributed by atoms with E-state index in [9.17, 15) is 18.3 Å². The molecule has 1 aliphatic carbocycles. The Balaban J connectivity index is 2.18. The van der Waals surface area contributed by atoms with E-state index in [0.717, 1.165) is 0 Å². The minimum absolute atomic E-state index is 0.289. The molecule has 0 atom stereocenters. The van der Waals surface area contributed by atoms with Gasteiger partial charge in [-0.05, 0) is 36.5 Å². The first-order valence-electron chi connectivity index (χ1n) is 5.37. The van der Waals surface area contributed by atoms with Gasteiger partial charge in [-0.1, -0.05) is 19.1 Å². The third kappa shape index (κ3) is 2.72. The van der Waals surface area contributed by atoms with Gasteiger partial charge in [0.1, 0.15) is 5.75 Å². The number of hydrogen-bond donors (Lipinski definition) is 1. The summed E-state index contributed by atoms with van der Waals surface area (Å²) in [6.45, 7) is 1.99. The molecule has 1 fully saturated rings. The van der Waals surface area contributed by atoms with Crippen molar-refractivity contribution in [1.29, 1.82) is 0 Å². The van der Waals surface area contributed by atoms with Crippen molar-refractivity contribution >= 4 is 0 Å². The molecule has 5 heteroatoms. The molecule has 0 radical (unpaired) electrons. The molecule has 1 saturated carbocycles. The van der Waals surface area contributed by atoms with Gasteiger partial charge in [-0.3, -0.25) is 0 Å². The lowest BCUT2D eigenvalue weighted by Gasteiger charge is -2.42. The molecular weight excluding hydrogens is 233 g/mol. The van der Waals surface area contributed by atoms with Crippen LogP contribution in [-0.4, -0.2) is 11.5 Å². The van der Waals surface area contributed by atoms with E-state index in [2.05, 4.69) is 4.74 Å². The molecule has 1 aromatic rings. The summed E-state index contributed by atoms with van der Waals surface area (Å²) in [4.78, 5) is 0. The van der Waals surface area contributed by atoms with Gasteiger partial charge in [-0.2, -0.15) is 0 Å². The van der Waals surface area contributed by atoms with Crippen molar-refractivity contribution in [3.63, 3.8) is 0 Å². The van der Waals surface area contributed by atoms with E-state index < -0.39 is 12.0 Å². The molecule has 0 aliphatic heterocycles. The largest absolute Gasteiger partial charge is 0.573 e. The lowest BCUT2D eigenvalue weighted by atomic mass is 9.68. The van der Waals surface area contributed by atoms with Gasteiger partial charge in [0.2, 0.25) is 0 Å². The highest BCUT2D eigenvalue weighted by Gasteiger charge is 2.42. The number of alkyl halides is 3. The molecule has 2 rings (SSSR count). The smallest absolute Gasteiger partial charge is 0.406 e. The molecule has 0 spiro atoms. The second kappa shape index (κ2) is 3.91. The van der Waals surface area contributed by atoms with Crippen LogP contribution in [-0.2, 0) is 5.60 Å². The van der Waals surface area contributed by atoms with Crippen LogP contribution in [0.3, 0.4) is 0 Å². The van der Waals surface area contributed by atoms with Crippen molar-refractivity contribution in [2.75, 3.05) is 0 Å². The predicted molar refractivity (Wildman–Crippen MR) is 55.4 cm³/mol. The second-order valence-electron chi connectivity index (χ2n) is 4.62. The number of halogens is 3. The summed E-state index contributed by atoms with van der Waals surface area (Å²) in [5.74, 6) is 0.107. The standard InChI is InChI=1S/C12H13F3O2/c1-8-6-11(16,7-8)9-3-2-4-10(5-9)17-12(13,14)15/h2-5,8,16H,6-7H2,1H3. The highest BCUT2D eigenvalue weighted by atomic mass is 19.4. The van der Waals surface area contributed by atoms with Crippen molar-refractivity contribution in [2.24, 2.45) is 5.92 Å². The van der Waals surface area contributed by atoms with E-state index in [1.54, 1.807) is 6.07 Å². The SMILES string of the molecule is CC1CC(O)(c2cccc(OC(F)(F)F)c2)C1. The summed E-state index contributed by atoms with van der Waals surface area (Å²) in [5.41, 5.74) is -0.512. The molecule has 1 aliphatic rings. The van der Waals surface area contributed by atoms with Gasteiger partial charge < -0.3 is 9.84 Å². The second-order valence-corrected chi connectivity index (χ2v) is 4.62. The van der Waals surface area contributed by atoms with Crippen LogP contribution in [0.5, 0.6) is 5.75 Å². The molecule has 94 valence electrons. The fraction of sp³-hybridized carbons (Fsp3) is 0.500. The van der Waals surface area contributed by atoms with Gasteiger partial charge in [0.15, 0.2) is 0 Å². The Morgan fingerprint density at radius 2 is 2.00 bits per heavy atom. The van der Waals surface area contributed by atoms with Crippen molar-refractivity contribution in [1.82, 2.24) is 0 Å². The third-order valence-corrected chi connectivity index (χ3v) is 2.98. The Hall–Kier alpha value is -1.23. The average Bonchev–Trinajstić information content (AvgIpc) is 2.13. The predicted octanol–water partition coefficient (Wildman–Crippen LogP) is 3.20. The topological polar surface area (TPSA) is 29.5 Å². The van der Waals surface area contributed by atoms with Crippen LogP contribution in [0.4, 0.5) is 13.2 Å². The highest BCUT2D eigenvalue weighted by molar-refractivity contribution is 5.34. The van der Waals surface area contributed by atoms with E-state index in [1.807, 2.05) is 6.92 Å². The normalized spacial score (nSPS) is 28.6. The fourth-order valence-corrected chi connectivity index (χ4v) is 2.31. The molecule has 1 aromatic carbocycles. The number of ether oxygens (including phenoxy) is 1. The molecular formula is C12H13F3O2. The van der Waals surface area contributed by atoms with Crippen LogP contribution in [0.15, 0.2) is 24.3 Å². The molecule has 0 bridgehead atoms. The summed E-state index contributed by atoms with van der Waals surface area (Å²) in [7, 11) is 0. The molecule has 0 heterocycles. The minimum Gasteiger partial charge on any atom is -0.406 e. The first-order valence-corrected chi connectivity index (χ1v) is 5.37. The van der Waals surface area contributed by atoms with Crippen LogP contribution in [0.1, 0.15) is 25.3 Å².